The van der Waals surface area contributed by atoms with Crippen LogP contribution in [0.5, 0.6) is 0 Å². The van der Waals surface area contributed by atoms with Gasteiger partial charge in [-0.25, -0.2) is 0 Å². The summed E-state index contributed by atoms with van der Waals surface area (Å²) in [7, 11) is 1.73. The number of aromatic nitrogens is 1. The lowest BCUT2D eigenvalue weighted by Crippen LogP contribution is -2.64. The zero-order valence-corrected chi connectivity index (χ0v) is 17.2. The smallest absolute Gasteiger partial charge is 0.246 e. The van der Waals surface area contributed by atoms with Crippen molar-refractivity contribution in [1.29, 1.82) is 0 Å². The minimum atomic E-state index is -0.794. The second-order valence-corrected chi connectivity index (χ2v) is 7.88. The number of nitrogens with zero attached hydrogens (tertiary/aromatic N) is 2. The van der Waals surface area contributed by atoms with Crippen LogP contribution < -0.4 is 11.1 Å². The van der Waals surface area contributed by atoms with E-state index < -0.39 is 5.54 Å². The number of nitrogens with two attached hydrogens (primary N) is 1. The molecule has 1 fully saturated rings. The minimum Gasteiger partial charge on any atom is -0.347 e. The highest BCUT2D eigenvalue weighted by Gasteiger charge is 2.50. The normalized spacial score (nSPS) is 16.9. The molecule has 2 aromatic rings. The summed E-state index contributed by atoms with van der Waals surface area (Å²) in [5, 5.41) is 3.21. The van der Waals surface area contributed by atoms with E-state index in [1.165, 1.54) is 0 Å². The number of nitrogens with one attached hydrogen (secondary N) is 1. The van der Waals surface area contributed by atoms with Crippen LogP contribution in [0.2, 0.25) is 0 Å². The molecule has 6 heteroatoms. The van der Waals surface area contributed by atoms with Crippen LogP contribution in [-0.2, 0) is 16.0 Å². The summed E-state index contributed by atoms with van der Waals surface area (Å²) in [4.78, 5) is 32.2. The van der Waals surface area contributed by atoms with Gasteiger partial charge < -0.3 is 16.0 Å². The Bertz CT molecular complexity index is 821. The predicted octanol–water partition coefficient (Wildman–Crippen LogP) is 2.46. The van der Waals surface area contributed by atoms with Crippen molar-refractivity contribution in [2.24, 2.45) is 11.7 Å². The zero-order valence-electron chi connectivity index (χ0n) is 17.2. The molecule has 29 heavy (non-hydrogen) atoms. The number of carbonyl (C=O) groups is 2. The monoisotopic (exact) mass is 394 g/mol. The van der Waals surface area contributed by atoms with Crippen molar-refractivity contribution in [2.75, 3.05) is 13.6 Å². The highest BCUT2D eigenvalue weighted by atomic mass is 16.2. The van der Waals surface area contributed by atoms with Crippen molar-refractivity contribution in [3.8, 4) is 0 Å². The first-order chi connectivity index (χ1) is 14.0. The molecule has 0 aliphatic heterocycles. The van der Waals surface area contributed by atoms with E-state index in [0.29, 0.717) is 19.3 Å². The second-order valence-electron chi connectivity index (χ2n) is 7.88. The molecule has 3 N–H and O–H groups in total. The molecule has 0 saturated heterocycles. The molecule has 1 aromatic carbocycles. The Morgan fingerprint density at radius 3 is 2.41 bits per heavy atom. The molecule has 0 radical (unpaired) electrons. The first-order valence-electron chi connectivity index (χ1n) is 10.2. The van der Waals surface area contributed by atoms with E-state index >= 15 is 0 Å². The molecule has 2 unspecified atom stereocenters. The predicted molar refractivity (Wildman–Crippen MR) is 113 cm³/mol. The Balaban J connectivity index is 1.82. The lowest BCUT2D eigenvalue weighted by Gasteiger charge is -2.48. The fraction of sp³-hybridized carbons (Fsp3) is 0.435. The van der Waals surface area contributed by atoms with Gasteiger partial charge in [0, 0.05) is 37.8 Å². The Labute approximate surface area is 172 Å². The lowest BCUT2D eigenvalue weighted by atomic mass is 9.74. The molecular formula is C23H30N4O2. The minimum absolute atomic E-state index is 0.0802. The summed E-state index contributed by atoms with van der Waals surface area (Å²) in [6.45, 7) is 2.07. The third-order valence-corrected chi connectivity index (χ3v) is 6.00. The van der Waals surface area contributed by atoms with Crippen LogP contribution in [0.25, 0.3) is 0 Å². The van der Waals surface area contributed by atoms with E-state index in [1.54, 1.807) is 25.1 Å². The van der Waals surface area contributed by atoms with Crippen molar-refractivity contribution >= 4 is 11.8 Å². The molecule has 2 amide bonds. The Morgan fingerprint density at radius 2 is 1.86 bits per heavy atom. The van der Waals surface area contributed by atoms with Crippen molar-refractivity contribution in [2.45, 2.75) is 44.2 Å². The van der Waals surface area contributed by atoms with Gasteiger partial charge in [-0.1, -0.05) is 43.3 Å². The molecule has 0 spiro atoms. The van der Waals surface area contributed by atoms with Crippen LogP contribution in [0.4, 0.5) is 0 Å². The summed E-state index contributed by atoms with van der Waals surface area (Å²) in [5.41, 5.74) is 6.81. The number of amides is 2. The highest BCUT2D eigenvalue weighted by Crippen LogP contribution is 2.38. The lowest BCUT2D eigenvalue weighted by molar-refractivity contribution is -0.154. The Hall–Kier alpha value is -2.73. The summed E-state index contributed by atoms with van der Waals surface area (Å²) in [5.74, 6) is -0.486. The first kappa shape index (κ1) is 21.0. The van der Waals surface area contributed by atoms with Gasteiger partial charge in [-0.15, -0.1) is 0 Å². The van der Waals surface area contributed by atoms with Crippen molar-refractivity contribution in [3.63, 3.8) is 0 Å². The summed E-state index contributed by atoms with van der Waals surface area (Å²) in [6, 6.07) is 15.5. The molecule has 6 nitrogen and oxygen atoms in total. The van der Waals surface area contributed by atoms with Crippen molar-refractivity contribution < 1.29 is 9.59 Å². The molecule has 1 aliphatic carbocycles. The van der Waals surface area contributed by atoms with Crippen LogP contribution in [-0.4, -0.2) is 40.8 Å². The van der Waals surface area contributed by atoms with Gasteiger partial charge in [0.25, 0.3) is 0 Å². The number of hydrogen-bond acceptors (Lipinski definition) is 4. The standard InChI is InChI=1S/C23H30N4O2/c1-17(16-24)21(28)27(2)23(12-8-13-23)22(29)26-20(18-9-4-3-5-10-18)15-19-11-6-7-14-25-19/h3-7,9-11,14,17,20H,8,12-13,15-16,24H2,1-2H3,(H,26,29). The molecule has 154 valence electrons. The molecular weight excluding hydrogens is 364 g/mol. The van der Waals surface area contributed by atoms with Gasteiger partial charge in [0.1, 0.15) is 5.54 Å². The van der Waals surface area contributed by atoms with Crippen molar-refractivity contribution in [3.05, 3.63) is 66.0 Å². The largest absolute Gasteiger partial charge is 0.347 e. The molecule has 0 bridgehead atoms. The SMILES string of the molecule is CC(CN)C(=O)N(C)C1(C(=O)NC(Cc2ccccn2)c2ccccc2)CCC1. The quantitative estimate of drug-likeness (QED) is 0.720. The summed E-state index contributed by atoms with van der Waals surface area (Å²) in [6.07, 6.45) is 4.61. The molecule has 1 aromatic heterocycles. The maximum absolute atomic E-state index is 13.4. The third-order valence-electron chi connectivity index (χ3n) is 6.00. The molecule has 1 aliphatic rings. The van der Waals surface area contributed by atoms with E-state index in [-0.39, 0.29) is 30.3 Å². The second kappa shape index (κ2) is 9.18. The number of likely N-dealkylation sites (N-methyl/N-ethyl adjacent to an activating group) is 1. The maximum Gasteiger partial charge on any atom is 0.246 e. The fourth-order valence-corrected chi connectivity index (χ4v) is 3.83. The van der Waals surface area contributed by atoms with Crippen LogP contribution in [0.3, 0.4) is 0 Å². The van der Waals surface area contributed by atoms with Gasteiger partial charge in [0.05, 0.1) is 6.04 Å². The van der Waals surface area contributed by atoms with E-state index in [9.17, 15) is 9.59 Å². The average Bonchev–Trinajstić information content (AvgIpc) is 2.72. The topological polar surface area (TPSA) is 88.3 Å². The Morgan fingerprint density at radius 1 is 1.17 bits per heavy atom. The van der Waals surface area contributed by atoms with Crippen LogP contribution in [0.15, 0.2) is 54.7 Å². The number of benzene rings is 1. The Kier molecular flexibility index (Phi) is 6.64. The summed E-state index contributed by atoms with van der Waals surface area (Å²) < 4.78 is 0. The van der Waals surface area contributed by atoms with Gasteiger partial charge >= 0.3 is 0 Å². The first-order valence-corrected chi connectivity index (χ1v) is 10.2. The van der Waals surface area contributed by atoms with Crippen molar-refractivity contribution in [1.82, 2.24) is 15.2 Å². The van der Waals surface area contributed by atoms with Gasteiger partial charge in [-0.3, -0.25) is 14.6 Å². The fourth-order valence-electron chi connectivity index (χ4n) is 3.83. The van der Waals surface area contributed by atoms with E-state index in [1.807, 2.05) is 48.5 Å². The van der Waals surface area contributed by atoms with Crippen LogP contribution >= 0.6 is 0 Å². The van der Waals surface area contributed by atoms with Crippen LogP contribution in [0, 0.1) is 5.92 Å². The number of carbonyl (C=O) groups excluding carboxylic acids is 2. The zero-order chi connectivity index (χ0) is 20.9. The van der Waals surface area contributed by atoms with E-state index in [0.717, 1.165) is 17.7 Å². The van der Waals surface area contributed by atoms with Gasteiger partial charge in [-0.05, 0) is 37.0 Å². The highest BCUT2D eigenvalue weighted by molar-refractivity contribution is 5.93. The maximum atomic E-state index is 13.4. The molecule has 1 saturated carbocycles. The molecule has 3 rings (SSSR count). The third kappa shape index (κ3) is 4.48. The number of hydrogen-bond donors (Lipinski definition) is 2. The van der Waals surface area contributed by atoms with Gasteiger partial charge in [0.15, 0.2) is 0 Å². The number of pyridine rings is 1. The van der Waals surface area contributed by atoms with E-state index in [2.05, 4.69) is 10.3 Å². The van der Waals surface area contributed by atoms with Gasteiger partial charge in [0.2, 0.25) is 11.8 Å². The summed E-state index contributed by atoms with van der Waals surface area (Å²) >= 11 is 0. The molecule has 2 atom stereocenters. The average molecular weight is 395 g/mol. The molecule has 1 heterocycles. The van der Waals surface area contributed by atoms with Gasteiger partial charge in [-0.2, -0.15) is 0 Å². The van der Waals surface area contributed by atoms with E-state index in [4.69, 9.17) is 5.73 Å². The van der Waals surface area contributed by atoms with Crippen LogP contribution in [0.1, 0.15) is 43.5 Å². The number of rotatable bonds is 8.